The van der Waals surface area contributed by atoms with Crippen LogP contribution in [0.15, 0.2) is 61.1 Å². The summed E-state index contributed by atoms with van der Waals surface area (Å²) in [6, 6.07) is 11.5. The molecule has 0 saturated carbocycles. The Morgan fingerprint density at radius 1 is 1.09 bits per heavy atom. The second-order valence-electron chi connectivity index (χ2n) is 10.2. The van der Waals surface area contributed by atoms with E-state index in [1.807, 2.05) is 31.6 Å². The lowest BCUT2D eigenvalue weighted by Gasteiger charge is -2.31. The van der Waals surface area contributed by atoms with E-state index in [-0.39, 0.29) is 16.8 Å². The molecule has 6 rings (SSSR count). The Morgan fingerprint density at radius 3 is 2.56 bits per heavy atom. The number of nitrogens with one attached hydrogen (secondary N) is 2. The number of aryl methyl sites for hydroxylation is 1. The third-order valence-corrected chi connectivity index (χ3v) is 9.57. The molecule has 0 aliphatic carbocycles. The van der Waals surface area contributed by atoms with Gasteiger partial charge in [0.2, 0.25) is 16.0 Å². The van der Waals surface area contributed by atoms with Gasteiger partial charge in [0.15, 0.2) is 5.13 Å². The minimum atomic E-state index is -3.58. The van der Waals surface area contributed by atoms with Crippen molar-refractivity contribution in [3.63, 3.8) is 0 Å². The molecule has 1 aliphatic rings. The van der Waals surface area contributed by atoms with Gasteiger partial charge >= 0.3 is 0 Å². The Hall–Kier alpha value is -4.60. The Kier molecular flexibility index (Phi) is 8.65. The molecule has 15 heteroatoms. The molecule has 2 N–H and O–H groups in total. The summed E-state index contributed by atoms with van der Waals surface area (Å²) in [5.74, 6) is 0.383. The minimum absolute atomic E-state index is 0.109. The zero-order valence-corrected chi connectivity index (χ0v) is 26.5. The van der Waals surface area contributed by atoms with Crippen LogP contribution in [-0.2, 0) is 21.8 Å². The van der Waals surface area contributed by atoms with Crippen molar-refractivity contribution < 1.29 is 22.3 Å². The van der Waals surface area contributed by atoms with E-state index in [9.17, 15) is 12.8 Å². The number of halogens is 1. The highest BCUT2D eigenvalue weighted by Crippen LogP contribution is 2.42. The fourth-order valence-corrected chi connectivity index (χ4v) is 6.72. The predicted octanol–water partition coefficient (Wildman–Crippen LogP) is 5.16. The molecule has 2 aromatic carbocycles. The predicted molar refractivity (Wildman–Crippen MR) is 173 cm³/mol. The van der Waals surface area contributed by atoms with E-state index in [2.05, 4.69) is 30.0 Å². The fraction of sp³-hybridized carbons (Fsp3) is 0.267. The van der Waals surface area contributed by atoms with Crippen LogP contribution in [0.3, 0.4) is 0 Å². The highest BCUT2D eigenvalue weighted by atomic mass is 32.2. The van der Waals surface area contributed by atoms with Crippen LogP contribution in [0.5, 0.6) is 5.75 Å². The van der Waals surface area contributed by atoms with Crippen LogP contribution in [0.25, 0.3) is 33.0 Å². The van der Waals surface area contributed by atoms with E-state index in [1.165, 1.54) is 12.1 Å². The summed E-state index contributed by atoms with van der Waals surface area (Å²) in [5, 5.41) is 7.87. The Bertz CT molecular complexity index is 1920. The van der Waals surface area contributed by atoms with Crippen LogP contribution < -0.4 is 19.7 Å². The van der Waals surface area contributed by atoms with Crippen molar-refractivity contribution in [1.29, 1.82) is 0 Å². The van der Waals surface area contributed by atoms with E-state index in [0.29, 0.717) is 46.5 Å². The number of hydrogen-bond acceptors (Lipinski definition) is 11. The summed E-state index contributed by atoms with van der Waals surface area (Å²) < 4.78 is 54.0. The summed E-state index contributed by atoms with van der Waals surface area (Å²) in [7, 11) is -0.0983. The lowest BCUT2D eigenvalue weighted by molar-refractivity contribution is 0.122. The Labute approximate surface area is 263 Å². The zero-order chi connectivity index (χ0) is 31.6. The molecule has 0 spiro atoms. The molecule has 0 bridgehead atoms. The Balaban J connectivity index is 1.40. The number of aromatic nitrogens is 5. The number of nitrogens with zero attached hydrogens (tertiary/aromatic N) is 6. The number of methoxy groups -OCH3 is 1. The molecule has 1 saturated heterocycles. The van der Waals surface area contributed by atoms with E-state index >= 15 is 0 Å². The van der Waals surface area contributed by atoms with Gasteiger partial charge in [0.25, 0.3) is 0 Å². The van der Waals surface area contributed by atoms with Crippen molar-refractivity contribution in [2.24, 2.45) is 7.05 Å². The van der Waals surface area contributed by atoms with Crippen LogP contribution in [-0.4, -0.2) is 72.3 Å². The van der Waals surface area contributed by atoms with Crippen molar-refractivity contribution in [2.45, 2.75) is 6.92 Å². The highest BCUT2D eigenvalue weighted by Gasteiger charge is 2.22. The maximum absolute atomic E-state index is 13.7. The fourth-order valence-electron chi connectivity index (χ4n) is 4.90. The van der Waals surface area contributed by atoms with Crippen LogP contribution in [0, 0.1) is 5.82 Å². The topological polar surface area (TPSA) is 136 Å². The minimum Gasteiger partial charge on any atom is -0.494 e. The first kappa shape index (κ1) is 30.4. The number of morpholine rings is 1. The van der Waals surface area contributed by atoms with Gasteiger partial charge < -0.3 is 19.7 Å². The van der Waals surface area contributed by atoms with Gasteiger partial charge in [-0.3, -0.25) is 9.40 Å². The number of hydrogen-bond donors (Lipinski definition) is 2. The van der Waals surface area contributed by atoms with Gasteiger partial charge in [0.05, 0.1) is 54.2 Å². The van der Waals surface area contributed by atoms with E-state index < -0.39 is 15.8 Å². The smallest absolute Gasteiger partial charge is 0.234 e. The molecule has 3 aromatic heterocycles. The first-order valence-corrected chi connectivity index (χ1v) is 16.6. The number of anilines is 4. The second-order valence-corrected chi connectivity index (χ2v) is 13.2. The van der Waals surface area contributed by atoms with E-state index in [1.54, 1.807) is 43.1 Å². The second kappa shape index (κ2) is 12.8. The number of benzene rings is 2. The van der Waals surface area contributed by atoms with E-state index in [4.69, 9.17) is 14.5 Å². The van der Waals surface area contributed by atoms with Gasteiger partial charge in [0.1, 0.15) is 11.6 Å². The standard InChI is InChI=1S/C30H31FN8O4S2/c1-4-45(40,41)37-30-36-27(19-5-7-21(31)8-6-19)28(44-30)23-9-10-32-29(34-23)35-24-15-22(20-17-33-38(2)18-20)25(16-26(24)42-3)39-11-13-43-14-12-39/h5-10,15-18H,4,11-14H2,1-3H3,(H,36,37)(H,32,34,35). The normalized spacial score (nSPS) is 13.6. The van der Waals surface area contributed by atoms with Crippen molar-refractivity contribution in [1.82, 2.24) is 24.7 Å². The molecule has 0 unspecified atom stereocenters. The summed E-state index contributed by atoms with van der Waals surface area (Å²) in [5.41, 5.74) is 5.11. The van der Waals surface area contributed by atoms with Gasteiger partial charge in [-0.1, -0.05) is 11.3 Å². The lowest BCUT2D eigenvalue weighted by atomic mass is 10.0. The lowest BCUT2D eigenvalue weighted by Crippen LogP contribution is -2.36. The van der Waals surface area contributed by atoms with Gasteiger partial charge in [0, 0.05) is 61.0 Å². The van der Waals surface area contributed by atoms with Crippen molar-refractivity contribution in [3.8, 4) is 38.7 Å². The summed E-state index contributed by atoms with van der Waals surface area (Å²) in [6.45, 7) is 4.30. The number of rotatable bonds is 10. The maximum Gasteiger partial charge on any atom is 0.234 e. The molecule has 45 heavy (non-hydrogen) atoms. The number of thiazole rings is 1. The summed E-state index contributed by atoms with van der Waals surface area (Å²) in [6.07, 6.45) is 5.38. The summed E-state index contributed by atoms with van der Waals surface area (Å²) in [4.78, 5) is 16.6. The van der Waals surface area contributed by atoms with Gasteiger partial charge in [-0.2, -0.15) is 5.10 Å². The van der Waals surface area contributed by atoms with Gasteiger partial charge in [-0.15, -0.1) is 0 Å². The average Bonchev–Trinajstić information content (AvgIpc) is 3.67. The summed E-state index contributed by atoms with van der Waals surface area (Å²) >= 11 is 1.13. The van der Waals surface area contributed by atoms with E-state index in [0.717, 1.165) is 41.2 Å². The number of sulfonamides is 1. The SMILES string of the molecule is CCS(=O)(=O)Nc1nc(-c2ccc(F)cc2)c(-c2ccnc(Nc3cc(-c4cnn(C)c4)c(N4CCOCC4)cc3OC)n2)s1. The monoisotopic (exact) mass is 650 g/mol. The quantitative estimate of drug-likeness (QED) is 0.209. The molecule has 0 amide bonds. The van der Waals surface area contributed by atoms with Crippen LogP contribution in [0.2, 0.25) is 0 Å². The van der Waals surface area contributed by atoms with Crippen molar-refractivity contribution in [2.75, 3.05) is 54.1 Å². The molecule has 4 heterocycles. The molecule has 0 radical (unpaired) electrons. The van der Waals surface area contributed by atoms with Gasteiger partial charge in [-0.25, -0.2) is 27.8 Å². The van der Waals surface area contributed by atoms with Crippen molar-refractivity contribution in [3.05, 3.63) is 66.9 Å². The first-order chi connectivity index (χ1) is 21.7. The third-order valence-electron chi connectivity index (χ3n) is 7.19. The molecule has 234 valence electrons. The van der Waals surface area contributed by atoms with Crippen LogP contribution in [0.1, 0.15) is 6.92 Å². The molecular weight excluding hydrogens is 620 g/mol. The largest absolute Gasteiger partial charge is 0.494 e. The average molecular weight is 651 g/mol. The maximum atomic E-state index is 13.7. The molecular formula is C30H31FN8O4S2. The Morgan fingerprint density at radius 2 is 1.87 bits per heavy atom. The van der Waals surface area contributed by atoms with Crippen LogP contribution >= 0.6 is 11.3 Å². The first-order valence-electron chi connectivity index (χ1n) is 14.1. The van der Waals surface area contributed by atoms with Crippen LogP contribution in [0.4, 0.5) is 26.8 Å². The third kappa shape index (κ3) is 6.74. The molecule has 1 aliphatic heterocycles. The molecule has 1 fully saturated rings. The molecule has 12 nitrogen and oxygen atoms in total. The van der Waals surface area contributed by atoms with Gasteiger partial charge in [-0.05, 0) is 43.3 Å². The molecule has 0 atom stereocenters. The number of ether oxygens (including phenoxy) is 2. The zero-order valence-electron chi connectivity index (χ0n) is 24.8. The highest BCUT2D eigenvalue weighted by molar-refractivity contribution is 7.92. The molecule has 5 aromatic rings. The van der Waals surface area contributed by atoms with Crippen molar-refractivity contribution >= 4 is 43.8 Å².